The van der Waals surface area contributed by atoms with Crippen LogP contribution in [0.3, 0.4) is 0 Å². The second kappa shape index (κ2) is 6.58. The maximum Gasteiger partial charge on any atom is 0.239 e. The number of nitrogens with zero attached hydrogens (tertiary/aromatic N) is 1. The lowest BCUT2D eigenvalue weighted by atomic mass is 10.2. The van der Waals surface area contributed by atoms with Crippen LogP contribution in [0.2, 0.25) is 0 Å². The molecule has 14 heavy (non-hydrogen) atoms. The lowest BCUT2D eigenvalue weighted by Crippen LogP contribution is -2.47. The summed E-state index contributed by atoms with van der Waals surface area (Å²) in [6.45, 7) is 1.74. The molecule has 0 aliphatic carbocycles. The molecule has 0 aromatic rings. The predicted molar refractivity (Wildman–Crippen MR) is 64.9 cm³/mol. The Morgan fingerprint density at radius 1 is 1.57 bits per heavy atom. The Bertz CT molecular complexity index is 184. The zero-order chi connectivity index (χ0) is 10.4. The van der Waals surface area contributed by atoms with Crippen molar-refractivity contribution in [2.75, 3.05) is 36.6 Å². The maximum absolute atomic E-state index is 11.8. The lowest BCUT2D eigenvalue weighted by Gasteiger charge is -2.28. The van der Waals surface area contributed by atoms with Gasteiger partial charge in [-0.25, -0.2) is 0 Å². The largest absolute Gasteiger partial charge is 0.340 e. The normalized spacial score (nSPS) is 19.4. The van der Waals surface area contributed by atoms with Gasteiger partial charge in [-0.05, 0) is 18.4 Å². The number of carbonyl (C=O) groups is 1. The zero-order valence-corrected chi connectivity index (χ0v) is 10.2. The molecule has 1 aliphatic heterocycles. The highest BCUT2D eigenvalue weighted by molar-refractivity contribution is 7.99. The van der Waals surface area contributed by atoms with Crippen LogP contribution in [0.4, 0.5) is 0 Å². The summed E-state index contributed by atoms with van der Waals surface area (Å²) in [7, 11) is 0. The van der Waals surface area contributed by atoms with Gasteiger partial charge in [-0.15, -0.1) is 0 Å². The van der Waals surface area contributed by atoms with Crippen LogP contribution in [0, 0.1) is 0 Å². The van der Waals surface area contributed by atoms with Gasteiger partial charge < -0.3 is 10.6 Å². The Kier molecular flexibility index (Phi) is 5.74. The van der Waals surface area contributed by atoms with Gasteiger partial charge in [0.15, 0.2) is 0 Å². The second-order valence-electron chi connectivity index (χ2n) is 3.33. The molecular weight excluding hydrogens is 216 g/mol. The summed E-state index contributed by atoms with van der Waals surface area (Å²) in [5, 5.41) is 0. The standard InChI is InChI=1S/C9H18N2OS2/c1-13-5-2-8(10)9(12)11-3-6-14-7-4-11/h8H,2-7,10H2,1H3. The van der Waals surface area contributed by atoms with Gasteiger partial charge in [0.1, 0.15) is 0 Å². The maximum atomic E-state index is 11.8. The first-order valence-electron chi connectivity index (χ1n) is 4.86. The van der Waals surface area contributed by atoms with Gasteiger partial charge >= 0.3 is 0 Å². The molecule has 1 rings (SSSR count). The van der Waals surface area contributed by atoms with E-state index >= 15 is 0 Å². The summed E-state index contributed by atoms with van der Waals surface area (Å²) in [6.07, 6.45) is 2.83. The highest BCUT2D eigenvalue weighted by Crippen LogP contribution is 2.11. The third-order valence-electron chi connectivity index (χ3n) is 2.27. The minimum Gasteiger partial charge on any atom is -0.340 e. The second-order valence-corrected chi connectivity index (χ2v) is 5.54. The van der Waals surface area contributed by atoms with Crippen molar-refractivity contribution in [3.63, 3.8) is 0 Å². The van der Waals surface area contributed by atoms with Crippen molar-refractivity contribution in [3.05, 3.63) is 0 Å². The number of nitrogens with two attached hydrogens (primary N) is 1. The van der Waals surface area contributed by atoms with E-state index < -0.39 is 0 Å². The fourth-order valence-electron chi connectivity index (χ4n) is 1.39. The first-order valence-corrected chi connectivity index (χ1v) is 7.41. The molecule has 1 heterocycles. The van der Waals surface area contributed by atoms with Gasteiger partial charge in [-0.3, -0.25) is 4.79 Å². The molecule has 1 atom stereocenters. The molecule has 0 aromatic carbocycles. The third-order valence-corrected chi connectivity index (χ3v) is 3.86. The van der Waals surface area contributed by atoms with Gasteiger partial charge in [0.25, 0.3) is 0 Å². The first kappa shape index (κ1) is 12.2. The molecule has 1 amide bonds. The van der Waals surface area contributed by atoms with Gasteiger partial charge in [-0.1, -0.05) is 0 Å². The van der Waals surface area contributed by atoms with Gasteiger partial charge in [0.2, 0.25) is 5.91 Å². The van der Waals surface area contributed by atoms with Crippen molar-refractivity contribution in [2.45, 2.75) is 12.5 Å². The molecule has 2 N–H and O–H groups in total. The number of hydrogen-bond acceptors (Lipinski definition) is 4. The quantitative estimate of drug-likeness (QED) is 0.775. The van der Waals surface area contributed by atoms with Crippen molar-refractivity contribution in [1.29, 1.82) is 0 Å². The average molecular weight is 234 g/mol. The molecule has 5 heteroatoms. The number of hydrogen-bond donors (Lipinski definition) is 1. The lowest BCUT2D eigenvalue weighted by molar-refractivity contribution is -0.132. The van der Waals surface area contributed by atoms with Crippen LogP contribution < -0.4 is 5.73 Å². The van der Waals surface area contributed by atoms with Crippen LogP contribution in [0.5, 0.6) is 0 Å². The van der Waals surface area contributed by atoms with E-state index in [1.54, 1.807) is 11.8 Å². The Labute approximate surface area is 94.2 Å². The van der Waals surface area contributed by atoms with Crippen LogP contribution in [-0.2, 0) is 4.79 Å². The summed E-state index contributed by atoms with van der Waals surface area (Å²) in [6, 6.07) is -0.287. The third kappa shape index (κ3) is 3.71. The summed E-state index contributed by atoms with van der Waals surface area (Å²) >= 11 is 3.65. The van der Waals surface area contributed by atoms with E-state index in [0.717, 1.165) is 36.8 Å². The number of thioether (sulfide) groups is 2. The number of carbonyl (C=O) groups excluding carboxylic acids is 1. The van der Waals surface area contributed by atoms with Crippen molar-refractivity contribution >= 4 is 29.4 Å². The van der Waals surface area contributed by atoms with E-state index in [4.69, 9.17) is 5.73 Å². The Hall–Kier alpha value is 0.130. The highest BCUT2D eigenvalue weighted by Gasteiger charge is 2.21. The predicted octanol–water partition coefficient (Wildman–Crippen LogP) is 0.642. The molecule has 1 aliphatic rings. The zero-order valence-electron chi connectivity index (χ0n) is 8.57. The van der Waals surface area contributed by atoms with Crippen molar-refractivity contribution < 1.29 is 4.79 Å². The van der Waals surface area contributed by atoms with Crippen molar-refractivity contribution in [2.24, 2.45) is 5.73 Å². The topological polar surface area (TPSA) is 46.3 Å². The Morgan fingerprint density at radius 3 is 2.79 bits per heavy atom. The molecule has 0 saturated carbocycles. The molecule has 0 spiro atoms. The minimum absolute atomic E-state index is 0.138. The van der Waals surface area contributed by atoms with E-state index in [9.17, 15) is 4.79 Å². The number of rotatable bonds is 4. The Morgan fingerprint density at radius 2 is 2.21 bits per heavy atom. The summed E-state index contributed by atoms with van der Waals surface area (Å²) < 4.78 is 0. The first-order chi connectivity index (χ1) is 6.75. The fourth-order valence-corrected chi connectivity index (χ4v) is 2.78. The number of amides is 1. The van der Waals surface area contributed by atoms with E-state index in [1.807, 2.05) is 22.9 Å². The monoisotopic (exact) mass is 234 g/mol. The minimum atomic E-state index is -0.287. The molecule has 1 fully saturated rings. The van der Waals surface area contributed by atoms with Crippen molar-refractivity contribution in [1.82, 2.24) is 4.90 Å². The Balaban J connectivity index is 2.30. The summed E-state index contributed by atoms with van der Waals surface area (Å²) in [4.78, 5) is 13.7. The molecule has 82 valence electrons. The van der Waals surface area contributed by atoms with Crippen LogP contribution >= 0.6 is 23.5 Å². The SMILES string of the molecule is CSCCC(N)C(=O)N1CCSCC1. The molecule has 1 saturated heterocycles. The molecular formula is C9H18N2OS2. The van der Waals surface area contributed by atoms with Crippen LogP contribution in [0.1, 0.15) is 6.42 Å². The molecule has 0 radical (unpaired) electrons. The van der Waals surface area contributed by atoms with Gasteiger partial charge in [-0.2, -0.15) is 23.5 Å². The van der Waals surface area contributed by atoms with E-state index in [1.165, 1.54) is 0 Å². The molecule has 0 aromatic heterocycles. The van der Waals surface area contributed by atoms with Crippen LogP contribution in [0.25, 0.3) is 0 Å². The van der Waals surface area contributed by atoms with Gasteiger partial charge in [0, 0.05) is 24.6 Å². The van der Waals surface area contributed by atoms with E-state index in [-0.39, 0.29) is 11.9 Å². The smallest absolute Gasteiger partial charge is 0.239 e. The van der Waals surface area contributed by atoms with Crippen molar-refractivity contribution in [3.8, 4) is 0 Å². The highest BCUT2D eigenvalue weighted by atomic mass is 32.2. The van der Waals surface area contributed by atoms with Crippen LogP contribution in [-0.4, -0.2) is 53.5 Å². The average Bonchev–Trinajstić information content (AvgIpc) is 2.26. The molecule has 1 unspecified atom stereocenters. The van der Waals surface area contributed by atoms with E-state index in [0.29, 0.717) is 0 Å². The van der Waals surface area contributed by atoms with E-state index in [2.05, 4.69) is 0 Å². The molecule has 3 nitrogen and oxygen atoms in total. The summed E-state index contributed by atoms with van der Waals surface area (Å²) in [5.41, 5.74) is 5.82. The van der Waals surface area contributed by atoms with Gasteiger partial charge in [0.05, 0.1) is 6.04 Å². The fraction of sp³-hybridized carbons (Fsp3) is 0.889. The molecule has 0 bridgehead atoms. The van der Waals surface area contributed by atoms with Crippen LogP contribution in [0.15, 0.2) is 0 Å². The summed E-state index contributed by atoms with van der Waals surface area (Å²) in [5.74, 6) is 3.22.